The maximum atomic E-state index is 13.6. The number of esters is 6. The molecule has 3 atom stereocenters. The number of rotatable bonds is 25. The lowest BCUT2D eigenvalue weighted by atomic mass is 9.90. The molecule has 0 saturated heterocycles. The van der Waals surface area contributed by atoms with Crippen LogP contribution in [0.25, 0.3) is 0 Å². The lowest BCUT2D eigenvalue weighted by molar-refractivity contribution is -0.182. The molecule has 0 amide bonds. The second kappa shape index (κ2) is 21.6. The molecule has 2 N–H and O–H groups in total. The molecular weight excluding hydrogens is 908 g/mol. The average Bonchev–Trinajstić information content (AvgIpc) is 3.06. The summed E-state index contributed by atoms with van der Waals surface area (Å²) >= 11 is 9.50. The molecule has 53 heavy (non-hydrogen) atoms. The van der Waals surface area contributed by atoms with Crippen molar-refractivity contribution in [3.63, 3.8) is 0 Å². The zero-order valence-corrected chi connectivity index (χ0v) is 36.1. The van der Waals surface area contributed by atoms with Gasteiger partial charge in [0.25, 0.3) is 6.47 Å². The van der Waals surface area contributed by atoms with Gasteiger partial charge in [-0.3, -0.25) is 33.6 Å². The van der Waals surface area contributed by atoms with Crippen LogP contribution in [0, 0.1) is 16.2 Å². The number of aliphatic hydroxyl groups excluding tert-OH is 2. The van der Waals surface area contributed by atoms with E-state index >= 15 is 0 Å². The van der Waals surface area contributed by atoms with Gasteiger partial charge in [-0.05, 0) is 62.3 Å². The Bertz CT molecular complexity index is 1240. The fourth-order valence-electron chi connectivity index (χ4n) is 3.32. The van der Waals surface area contributed by atoms with Gasteiger partial charge < -0.3 is 48.1 Å². The van der Waals surface area contributed by atoms with Crippen LogP contribution >= 0.6 is 47.8 Å². The second-order valence-electron chi connectivity index (χ2n) is 14.4. The molecule has 0 rings (SSSR count). The summed E-state index contributed by atoms with van der Waals surface area (Å²) in [7, 11) is 0. The van der Waals surface area contributed by atoms with Crippen molar-refractivity contribution in [1.82, 2.24) is 0 Å². The van der Waals surface area contributed by atoms with Crippen molar-refractivity contribution < 1.29 is 81.7 Å². The zero-order valence-electron chi connectivity index (χ0n) is 31.4. The first kappa shape index (κ1) is 50.6. The van der Waals surface area contributed by atoms with E-state index in [2.05, 4.69) is 47.8 Å². The molecule has 0 aromatic heterocycles. The van der Waals surface area contributed by atoms with E-state index in [-0.39, 0.29) is 26.3 Å². The Labute approximate surface area is 334 Å². The Kier molecular flexibility index (Phi) is 20.7. The fourth-order valence-corrected chi connectivity index (χ4v) is 3.67. The minimum Gasteiger partial charge on any atom is -0.467 e. The Morgan fingerprint density at radius 3 is 1.13 bits per heavy atom. The summed E-state index contributed by atoms with van der Waals surface area (Å²) in [6.07, 6.45) is -1.17. The first-order valence-electron chi connectivity index (χ1n) is 16.1. The monoisotopic (exact) mass is 956 g/mol. The molecule has 0 heterocycles. The number of alkyl halides is 3. The highest BCUT2D eigenvalue weighted by Gasteiger charge is 2.46. The number of halogens is 3. The van der Waals surface area contributed by atoms with Crippen molar-refractivity contribution in [2.45, 2.75) is 81.4 Å². The van der Waals surface area contributed by atoms with Crippen LogP contribution in [0.2, 0.25) is 0 Å². The second-order valence-corrected chi connectivity index (χ2v) is 20.4. The third-order valence-electron chi connectivity index (χ3n) is 7.00. The summed E-state index contributed by atoms with van der Waals surface area (Å²) in [5.74, 6) is -5.41. The van der Waals surface area contributed by atoms with Crippen LogP contribution in [0.4, 0.5) is 0 Å². The average molecular weight is 959 g/mol. The number of ether oxygens (including phenoxy) is 8. The molecule has 3 unspecified atom stereocenters. The Morgan fingerprint density at radius 2 is 0.830 bits per heavy atom. The van der Waals surface area contributed by atoms with Gasteiger partial charge in [-0.1, -0.05) is 47.8 Å². The summed E-state index contributed by atoms with van der Waals surface area (Å²) in [5.41, 5.74) is -5.49. The van der Waals surface area contributed by atoms with Crippen LogP contribution in [-0.2, 0) is 71.5 Å². The lowest BCUT2D eigenvalue weighted by Crippen LogP contribution is -2.47. The fraction of sp³-hybridized carbons (Fsp3) is 0.788. The van der Waals surface area contributed by atoms with Crippen molar-refractivity contribution >= 4 is 90.1 Å². The van der Waals surface area contributed by atoms with Gasteiger partial charge in [0.2, 0.25) is 0 Å². The van der Waals surface area contributed by atoms with Gasteiger partial charge in [0.1, 0.15) is 81.6 Å². The maximum Gasteiger partial charge on any atom is 0.322 e. The SMILES string of the molecule is CC(C)(Br)C(=O)OCC(C)(COC=O)C(=O)OCC(C)(COC(=O)C(C)(COC(=O)C(C)(C)Br)COC(=O)C(C)(C)Br)C(=O)OCCOCC(O)CO. The zero-order chi connectivity index (χ0) is 41.5. The van der Waals surface area contributed by atoms with Crippen molar-refractivity contribution in [1.29, 1.82) is 0 Å². The van der Waals surface area contributed by atoms with Crippen molar-refractivity contribution in [3.8, 4) is 0 Å². The van der Waals surface area contributed by atoms with Gasteiger partial charge in [-0.25, -0.2) is 0 Å². The molecule has 0 saturated carbocycles. The topological polar surface area (TPSA) is 234 Å². The highest BCUT2D eigenvalue weighted by atomic mass is 79.9. The van der Waals surface area contributed by atoms with E-state index in [4.69, 9.17) is 43.0 Å². The molecule has 20 heteroatoms. The van der Waals surface area contributed by atoms with Crippen LogP contribution in [0.15, 0.2) is 0 Å². The molecule has 0 aromatic carbocycles. The summed E-state index contributed by atoms with van der Waals surface area (Å²) in [4.78, 5) is 88.9. The summed E-state index contributed by atoms with van der Waals surface area (Å²) in [6, 6.07) is 0. The van der Waals surface area contributed by atoms with Gasteiger partial charge in [0, 0.05) is 0 Å². The number of carbonyl (C=O) groups excluding carboxylic acids is 7. The van der Waals surface area contributed by atoms with E-state index in [0.717, 1.165) is 0 Å². The van der Waals surface area contributed by atoms with Crippen molar-refractivity contribution in [2.24, 2.45) is 16.2 Å². The molecule has 0 spiro atoms. The molecular formula is C33H51Br3O17. The predicted molar refractivity (Wildman–Crippen MR) is 195 cm³/mol. The van der Waals surface area contributed by atoms with E-state index in [1.165, 1.54) is 62.3 Å². The Balaban J connectivity index is 6.34. The van der Waals surface area contributed by atoms with Gasteiger partial charge in [-0.2, -0.15) is 0 Å². The molecule has 306 valence electrons. The molecule has 0 bridgehead atoms. The van der Waals surface area contributed by atoms with Crippen LogP contribution in [0.3, 0.4) is 0 Å². The smallest absolute Gasteiger partial charge is 0.322 e. The first-order chi connectivity index (χ1) is 24.1. The molecule has 0 aliphatic rings. The molecule has 0 aliphatic heterocycles. The quantitative estimate of drug-likeness (QED) is 0.0439. The summed E-state index contributed by atoms with van der Waals surface area (Å²) < 4.78 is 38.7. The number of aliphatic hydroxyl groups is 2. The highest BCUT2D eigenvalue weighted by Crippen LogP contribution is 2.30. The van der Waals surface area contributed by atoms with Crippen molar-refractivity contribution in [2.75, 3.05) is 66.1 Å². The molecule has 17 nitrogen and oxygen atoms in total. The van der Waals surface area contributed by atoms with E-state index < -0.39 is 117 Å². The minimum absolute atomic E-state index is 0.0770. The van der Waals surface area contributed by atoms with Gasteiger partial charge in [0.15, 0.2) is 0 Å². The summed E-state index contributed by atoms with van der Waals surface area (Å²) in [5, 5.41) is 18.4. The standard InChI is InChI=1S/C33H51Br3O17/c1-28(2,34)22(40)49-15-31(7,14-47-20-38)26(44)52-18-32(8,25(43)48-11-10-46-13-21(39)12-37)19-53-27(45)33(9,16-50-23(41)29(3,4)35)17-51-24(42)30(5,6)36/h20-21,37,39H,10-19H2,1-9H3. The highest BCUT2D eigenvalue weighted by molar-refractivity contribution is 9.10. The van der Waals surface area contributed by atoms with Gasteiger partial charge in [-0.15, -0.1) is 0 Å². The van der Waals surface area contributed by atoms with Crippen molar-refractivity contribution in [3.05, 3.63) is 0 Å². The van der Waals surface area contributed by atoms with Crippen LogP contribution in [0.1, 0.15) is 62.3 Å². The predicted octanol–water partition coefficient (Wildman–Crippen LogP) is 2.33. The van der Waals surface area contributed by atoms with E-state index in [1.807, 2.05) is 0 Å². The van der Waals surface area contributed by atoms with Crippen LogP contribution in [0.5, 0.6) is 0 Å². The van der Waals surface area contributed by atoms with Crippen LogP contribution < -0.4 is 0 Å². The third-order valence-corrected chi connectivity index (χ3v) is 7.97. The van der Waals surface area contributed by atoms with E-state index in [9.17, 15) is 38.7 Å². The van der Waals surface area contributed by atoms with E-state index in [1.54, 1.807) is 0 Å². The largest absolute Gasteiger partial charge is 0.467 e. The summed E-state index contributed by atoms with van der Waals surface area (Å²) in [6.45, 7) is 7.63. The van der Waals surface area contributed by atoms with Gasteiger partial charge >= 0.3 is 35.8 Å². The Morgan fingerprint density at radius 1 is 0.528 bits per heavy atom. The lowest BCUT2D eigenvalue weighted by Gasteiger charge is -2.32. The first-order valence-corrected chi connectivity index (χ1v) is 18.5. The molecule has 0 aromatic rings. The number of hydrogen-bond donors (Lipinski definition) is 2. The molecule has 0 fully saturated rings. The molecule has 0 radical (unpaired) electrons. The normalized spacial score (nSPS) is 15.1. The Hall–Kier alpha value is -2.39. The van der Waals surface area contributed by atoms with Crippen LogP contribution in [-0.4, -0.2) is 138 Å². The van der Waals surface area contributed by atoms with Gasteiger partial charge in [0.05, 0.1) is 19.8 Å². The molecule has 0 aliphatic carbocycles. The van der Waals surface area contributed by atoms with E-state index in [0.29, 0.717) is 0 Å². The third kappa shape index (κ3) is 18.2. The maximum absolute atomic E-state index is 13.6. The number of carbonyl (C=O) groups is 7. The number of hydrogen-bond acceptors (Lipinski definition) is 17. The minimum atomic E-state index is -1.93.